The monoisotopic (exact) mass is 278 g/mol. The van der Waals surface area contributed by atoms with Gasteiger partial charge >= 0.3 is 0 Å². The molecule has 2 aromatic rings. The summed E-state index contributed by atoms with van der Waals surface area (Å²) in [6.45, 7) is 2.01. The van der Waals surface area contributed by atoms with Crippen molar-refractivity contribution in [3.8, 4) is 0 Å². The second kappa shape index (κ2) is 5.39. The van der Waals surface area contributed by atoms with E-state index in [0.717, 1.165) is 19.1 Å². The van der Waals surface area contributed by atoms with E-state index in [4.69, 9.17) is 11.6 Å². The highest BCUT2D eigenvalue weighted by atomic mass is 35.5. The Balaban J connectivity index is 1.70. The third kappa shape index (κ3) is 3.10. The molecule has 0 amide bonds. The van der Waals surface area contributed by atoms with E-state index >= 15 is 0 Å². The van der Waals surface area contributed by atoms with E-state index in [1.807, 2.05) is 17.4 Å². The quantitative estimate of drug-likeness (QED) is 0.770. The van der Waals surface area contributed by atoms with Crippen molar-refractivity contribution in [1.29, 1.82) is 0 Å². The van der Waals surface area contributed by atoms with Gasteiger partial charge in [-0.05, 0) is 42.0 Å². The minimum atomic E-state index is 0.583. The molecule has 1 fully saturated rings. The fourth-order valence-corrected chi connectivity index (χ4v) is 3.06. The van der Waals surface area contributed by atoms with Gasteiger partial charge in [-0.3, -0.25) is 4.90 Å². The maximum atomic E-state index is 5.94. The lowest BCUT2D eigenvalue weighted by Crippen LogP contribution is -2.24. The van der Waals surface area contributed by atoms with Crippen LogP contribution in [0.25, 0.3) is 0 Å². The molecule has 18 heavy (non-hydrogen) atoms. The lowest BCUT2D eigenvalue weighted by atomic mass is 10.2. The van der Waals surface area contributed by atoms with Crippen LogP contribution < -0.4 is 0 Å². The standard InChI is InChI=1S/C14H15ClN2S/c15-14-8-11(5-6-16-14)9-17(12-3-4-12)10-13-2-1-7-18-13/h1-2,5-8,12H,3-4,9-10H2. The van der Waals surface area contributed by atoms with Gasteiger partial charge in [0.2, 0.25) is 0 Å². The SMILES string of the molecule is Clc1cc(CN(Cc2cccs2)C2CC2)ccn1. The van der Waals surface area contributed by atoms with Gasteiger partial charge in [0.1, 0.15) is 5.15 Å². The second-order valence-electron chi connectivity index (χ2n) is 4.70. The summed E-state index contributed by atoms with van der Waals surface area (Å²) in [5.74, 6) is 0. The topological polar surface area (TPSA) is 16.1 Å². The van der Waals surface area contributed by atoms with Crippen LogP contribution in [-0.4, -0.2) is 15.9 Å². The largest absolute Gasteiger partial charge is 0.291 e. The number of pyridine rings is 1. The van der Waals surface area contributed by atoms with Crippen LogP contribution in [0.1, 0.15) is 23.3 Å². The first kappa shape index (κ1) is 12.2. The van der Waals surface area contributed by atoms with Crippen molar-refractivity contribution in [2.24, 2.45) is 0 Å². The van der Waals surface area contributed by atoms with Crippen molar-refractivity contribution in [3.05, 3.63) is 51.4 Å². The molecule has 2 aromatic heterocycles. The molecule has 0 unspecified atom stereocenters. The normalized spacial score (nSPS) is 15.2. The molecule has 0 saturated heterocycles. The lowest BCUT2D eigenvalue weighted by Gasteiger charge is -2.21. The van der Waals surface area contributed by atoms with E-state index in [2.05, 4.69) is 33.5 Å². The predicted molar refractivity (Wildman–Crippen MR) is 75.8 cm³/mol. The first-order valence-electron chi connectivity index (χ1n) is 6.18. The van der Waals surface area contributed by atoms with Gasteiger partial charge < -0.3 is 0 Å². The van der Waals surface area contributed by atoms with Crippen LogP contribution in [0.2, 0.25) is 5.15 Å². The van der Waals surface area contributed by atoms with Gasteiger partial charge in [-0.2, -0.15) is 0 Å². The van der Waals surface area contributed by atoms with E-state index in [0.29, 0.717) is 5.15 Å². The van der Waals surface area contributed by atoms with E-state index in [-0.39, 0.29) is 0 Å². The van der Waals surface area contributed by atoms with Crippen LogP contribution in [0, 0.1) is 0 Å². The van der Waals surface area contributed by atoms with Crippen LogP contribution in [0.4, 0.5) is 0 Å². The number of hydrogen-bond acceptors (Lipinski definition) is 3. The second-order valence-corrected chi connectivity index (χ2v) is 6.12. The fraction of sp³-hybridized carbons (Fsp3) is 0.357. The van der Waals surface area contributed by atoms with Gasteiger partial charge in [0.05, 0.1) is 0 Å². The van der Waals surface area contributed by atoms with Crippen molar-refractivity contribution < 1.29 is 0 Å². The highest BCUT2D eigenvalue weighted by Crippen LogP contribution is 2.30. The molecular formula is C14H15ClN2S. The summed E-state index contributed by atoms with van der Waals surface area (Å²) < 4.78 is 0. The van der Waals surface area contributed by atoms with Crippen LogP contribution in [0.5, 0.6) is 0 Å². The molecule has 1 aliphatic rings. The zero-order valence-electron chi connectivity index (χ0n) is 10.1. The van der Waals surface area contributed by atoms with Crippen LogP contribution in [0.15, 0.2) is 35.8 Å². The van der Waals surface area contributed by atoms with Crippen LogP contribution >= 0.6 is 22.9 Å². The van der Waals surface area contributed by atoms with Crippen LogP contribution in [-0.2, 0) is 13.1 Å². The third-order valence-electron chi connectivity index (χ3n) is 3.18. The summed E-state index contributed by atoms with van der Waals surface area (Å²) in [5, 5.41) is 2.73. The van der Waals surface area contributed by atoms with E-state index < -0.39 is 0 Å². The molecule has 1 aliphatic carbocycles. The van der Waals surface area contributed by atoms with Gasteiger partial charge in [-0.1, -0.05) is 17.7 Å². The molecule has 0 spiro atoms. The Bertz CT molecular complexity index is 508. The zero-order valence-corrected chi connectivity index (χ0v) is 11.6. The zero-order chi connectivity index (χ0) is 12.4. The summed E-state index contributed by atoms with van der Waals surface area (Å²) >= 11 is 7.77. The summed E-state index contributed by atoms with van der Waals surface area (Å²) in [5.41, 5.74) is 1.25. The van der Waals surface area contributed by atoms with E-state index in [9.17, 15) is 0 Å². The van der Waals surface area contributed by atoms with Crippen molar-refractivity contribution in [2.75, 3.05) is 0 Å². The van der Waals surface area contributed by atoms with Gasteiger partial charge in [0, 0.05) is 30.2 Å². The molecule has 2 heterocycles. The van der Waals surface area contributed by atoms with E-state index in [1.165, 1.54) is 23.3 Å². The molecule has 94 valence electrons. The fourth-order valence-electron chi connectivity index (χ4n) is 2.13. The average Bonchev–Trinajstić information content (AvgIpc) is 3.08. The maximum absolute atomic E-state index is 5.94. The molecule has 1 saturated carbocycles. The van der Waals surface area contributed by atoms with Crippen molar-refractivity contribution in [3.63, 3.8) is 0 Å². The molecule has 2 nitrogen and oxygen atoms in total. The number of hydrogen-bond donors (Lipinski definition) is 0. The molecule has 0 aromatic carbocycles. The Morgan fingerprint density at radius 3 is 2.89 bits per heavy atom. The minimum absolute atomic E-state index is 0.583. The minimum Gasteiger partial charge on any atom is -0.291 e. The third-order valence-corrected chi connectivity index (χ3v) is 4.25. The Morgan fingerprint density at radius 1 is 1.33 bits per heavy atom. The Hall–Kier alpha value is -0.900. The lowest BCUT2D eigenvalue weighted by molar-refractivity contribution is 0.248. The smallest absolute Gasteiger partial charge is 0.129 e. The van der Waals surface area contributed by atoms with Crippen molar-refractivity contribution >= 4 is 22.9 Å². The first-order chi connectivity index (χ1) is 8.81. The number of rotatable bonds is 5. The van der Waals surface area contributed by atoms with Gasteiger partial charge in [0.25, 0.3) is 0 Å². The Labute approximate surface area is 116 Å². The highest BCUT2D eigenvalue weighted by Gasteiger charge is 2.29. The molecule has 4 heteroatoms. The number of aromatic nitrogens is 1. The molecule has 0 N–H and O–H groups in total. The van der Waals surface area contributed by atoms with Crippen molar-refractivity contribution in [2.45, 2.75) is 32.0 Å². The molecular weight excluding hydrogens is 264 g/mol. The van der Waals surface area contributed by atoms with Gasteiger partial charge in [0.15, 0.2) is 0 Å². The summed E-state index contributed by atoms with van der Waals surface area (Å²) in [6.07, 6.45) is 4.43. The predicted octanol–water partition coefficient (Wildman–Crippen LogP) is 3.96. The average molecular weight is 279 g/mol. The first-order valence-corrected chi connectivity index (χ1v) is 7.44. The summed E-state index contributed by atoms with van der Waals surface area (Å²) in [4.78, 5) is 8.00. The highest BCUT2D eigenvalue weighted by molar-refractivity contribution is 7.09. The number of thiophene rings is 1. The molecule has 0 radical (unpaired) electrons. The van der Waals surface area contributed by atoms with Crippen molar-refractivity contribution in [1.82, 2.24) is 9.88 Å². The van der Waals surface area contributed by atoms with Crippen LogP contribution in [0.3, 0.4) is 0 Å². The summed E-state index contributed by atoms with van der Waals surface area (Å²) in [6, 6.07) is 9.09. The number of nitrogens with zero attached hydrogens (tertiary/aromatic N) is 2. The van der Waals surface area contributed by atoms with Gasteiger partial charge in [-0.15, -0.1) is 11.3 Å². The number of halogens is 1. The summed E-state index contributed by atoms with van der Waals surface area (Å²) in [7, 11) is 0. The molecule has 3 rings (SSSR count). The maximum Gasteiger partial charge on any atom is 0.129 e. The Morgan fingerprint density at radius 2 is 2.22 bits per heavy atom. The van der Waals surface area contributed by atoms with E-state index in [1.54, 1.807) is 6.20 Å². The molecule has 0 bridgehead atoms. The Kier molecular flexibility index (Phi) is 3.64. The van der Waals surface area contributed by atoms with Gasteiger partial charge in [-0.25, -0.2) is 4.98 Å². The molecule has 0 atom stereocenters. The molecule has 0 aliphatic heterocycles.